The Morgan fingerprint density at radius 1 is 1.32 bits per heavy atom. The molecule has 0 aliphatic heterocycles. The van der Waals surface area contributed by atoms with Crippen LogP contribution < -0.4 is 15.4 Å². The molecule has 0 aliphatic carbocycles. The van der Waals surface area contributed by atoms with Crippen LogP contribution in [0.15, 0.2) is 41.9 Å². The van der Waals surface area contributed by atoms with Crippen LogP contribution in [0.3, 0.4) is 0 Å². The molecule has 0 fully saturated rings. The second kappa shape index (κ2) is 13.5. The van der Waals surface area contributed by atoms with Crippen molar-refractivity contribution < 1.29 is 14.3 Å². The van der Waals surface area contributed by atoms with Gasteiger partial charge >= 0.3 is 5.97 Å². The van der Waals surface area contributed by atoms with Crippen molar-refractivity contribution in [3.05, 3.63) is 42.5 Å². The summed E-state index contributed by atoms with van der Waals surface area (Å²) in [5.41, 5.74) is 1.02. The van der Waals surface area contributed by atoms with E-state index in [2.05, 4.69) is 22.2 Å². The summed E-state index contributed by atoms with van der Waals surface area (Å²) in [6.45, 7) is 8.79. The van der Waals surface area contributed by atoms with Crippen LogP contribution in [0.2, 0.25) is 0 Å². The van der Waals surface area contributed by atoms with Gasteiger partial charge in [-0.3, -0.25) is 9.79 Å². The third-order valence-electron chi connectivity index (χ3n) is 2.99. The zero-order chi connectivity index (χ0) is 17.8. The molecule has 0 spiro atoms. The molecule has 0 saturated heterocycles. The molecule has 7 heteroatoms. The Kier molecular flexibility index (Phi) is 12.6. The van der Waals surface area contributed by atoms with Gasteiger partial charge in [0, 0.05) is 25.7 Å². The highest BCUT2D eigenvalue weighted by molar-refractivity contribution is 14.0. The summed E-state index contributed by atoms with van der Waals surface area (Å²) in [5.74, 6) is 1.20. The summed E-state index contributed by atoms with van der Waals surface area (Å²) in [5, 5.41) is 6.29. The van der Waals surface area contributed by atoms with Gasteiger partial charge in [0.25, 0.3) is 0 Å². The summed E-state index contributed by atoms with van der Waals surface area (Å²) in [4.78, 5) is 15.6. The van der Waals surface area contributed by atoms with E-state index in [1.165, 1.54) is 0 Å². The largest absolute Gasteiger partial charge is 0.489 e. The van der Waals surface area contributed by atoms with E-state index >= 15 is 0 Å². The third kappa shape index (κ3) is 9.96. The first-order chi connectivity index (χ1) is 11.6. The molecule has 0 aliphatic rings. The first-order valence-electron chi connectivity index (χ1n) is 8.02. The van der Waals surface area contributed by atoms with Gasteiger partial charge in [-0.2, -0.15) is 0 Å². The lowest BCUT2D eigenvalue weighted by molar-refractivity contribution is -0.147. The molecule has 0 atom stereocenters. The van der Waals surface area contributed by atoms with Crippen molar-refractivity contribution >= 4 is 35.9 Å². The number of benzene rings is 1. The first-order valence-corrected chi connectivity index (χ1v) is 8.02. The second-order valence-electron chi connectivity index (χ2n) is 5.35. The lowest BCUT2D eigenvalue weighted by Gasteiger charge is -2.14. The fourth-order valence-corrected chi connectivity index (χ4v) is 1.94. The van der Waals surface area contributed by atoms with E-state index in [0.717, 1.165) is 11.3 Å². The maximum Gasteiger partial charge on any atom is 0.307 e. The molecule has 25 heavy (non-hydrogen) atoms. The number of aliphatic imine (C=N–C) groups is 1. The number of halogens is 1. The van der Waals surface area contributed by atoms with Gasteiger partial charge in [0.15, 0.2) is 5.96 Å². The van der Waals surface area contributed by atoms with Crippen LogP contribution >= 0.6 is 24.0 Å². The Labute approximate surface area is 167 Å². The molecule has 0 saturated carbocycles. The van der Waals surface area contributed by atoms with Gasteiger partial charge in [0.05, 0.1) is 12.5 Å². The molecule has 6 nitrogen and oxygen atoms in total. The summed E-state index contributed by atoms with van der Waals surface area (Å²) in [7, 11) is 1.68. The van der Waals surface area contributed by atoms with Gasteiger partial charge in [-0.15, -0.1) is 24.0 Å². The quantitative estimate of drug-likeness (QED) is 0.195. The van der Waals surface area contributed by atoms with E-state index in [0.29, 0.717) is 25.7 Å². The van der Waals surface area contributed by atoms with Crippen molar-refractivity contribution in [1.82, 2.24) is 10.6 Å². The van der Waals surface area contributed by atoms with Crippen LogP contribution in [0, 0.1) is 0 Å². The number of esters is 1. The molecule has 0 heterocycles. The van der Waals surface area contributed by atoms with E-state index in [1.54, 1.807) is 13.1 Å². The number of nitrogens with zero attached hydrogens (tertiary/aromatic N) is 1. The number of para-hydroxylation sites is 1. The van der Waals surface area contributed by atoms with Crippen LogP contribution in [0.4, 0.5) is 0 Å². The second-order valence-corrected chi connectivity index (χ2v) is 5.35. The molecule has 0 bridgehead atoms. The van der Waals surface area contributed by atoms with Crippen molar-refractivity contribution in [2.75, 3.05) is 20.2 Å². The van der Waals surface area contributed by atoms with Crippen LogP contribution in [0.25, 0.3) is 0 Å². The Morgan fingerprint density at radius 2 is 2.04 bits per heavy atom. The SMILES string of the molecule is C=CCOc1ccccc1CNC(=NC)NCCC(=O)OC(C)C.I. The van der Waals surface area contributed by atoms with Crippen molar-refractivity contribution in [3.63, 3.8) is 0 Å². The fourth-order valence-electron chi connectivity index (χ4n) is 1.94. The molecule has 0 aromatic heterocycles. The van der Waals surface area contributed by atoms with Crippen LogP contribution in [0.5, 0.6) is 5.75 Å². The summed E-state index contributed by atoms with van der Waals surface area (Å²) < 4.78 is 10.7. The molecular weight excluding hydrogens is 433 g/mol. The molecule has 1 rings (SSSR count). The molecule has 0 unspecified atom stereocenters. The number of hydrogen-bond donors (Lipinski definition) is 2. The van der Waals surface area contributed by atoms with Gasteiger partial charge in [-0.25, -0.2) is 0 Å². The van der Waals surface area contributed by atoms with Gasteiger partial charge in [-0.1, -0.05) is 30.9 Å². The van der Waals surface area contributed by atoms with E-state index in [1.807, 2.05) is 38.1 Å². The minimum atomic E-state index is -0.226. The number of hydrogen-bond acceptors (Lipinski definition) is 4. The van der Waals surface area contributed by atoms with Crippen molar-refractivity contribution in [3.8, 4) is 5.75 Å². The Hall–Kier alpha value is -1.77. The lowest BCUT2D eigenvalue weighted by Crippen LogP contribution is -2.38. The minimum Gasteiger partial charge on any atom is -0.489 e. The standard InChI is InChI=1S/C18H27N3O3.HI/c1-5-12-23-16-9-7-6-8-15(16)13-21-18(19-4)20-11-10-17(22)24-14(2)3;/h5-9,14H,1,10-13H2,2-4H3,(H2,19,20,21);1H. The molecule has 0 radical (unpaired) electrons. The molecule has 140 valence electrons. The normalized spacial score (nSPS) is 10.6. The number of rotatable bonds is 9. The molecule has 1 aromatic rings. The number of nitrogens with one attached hydrogen (secondary N) is 2. The molecule has 1 aromatic carbocycles. The summed E-state index contributed by atoms with van der Waals surface area (Å²) in [6, 6.07) is 7.78. The Balaban J connectivity index is 0.00000576. The highest BCUT2D eigenvalue weighted by atomic mass is 127. The monoisotopic (exact) mass is 461 g/mol. The van der Waals surface area contributed by atoms with Crippen molar-refractivity contribution in [2.45, 2.75) is 32.9 Å². The number of ether oxygens (including phenoxy) is 2. The van der Waals surface area contributed by atoms with Gasteiger partial charge in [-0.05, 0) is 19.9 Å². The maximum absolute atomic E-state index is 11.5. The van der Waals surface area contributed by atoms with Crippen LogP contribution in [-0.4, -0.2) is 38.2 Å². The highest BCUT2D eigenvalue weighted by Crippen LogP contribution is 2.17. The zero-order valence-electron chi connectivity index (χ0n) is 15.1. The van der Waals surface area contributed by atoms with Gasteiger partial charge in [0.1, 0.15) is 12.4 Å². The minimum absolute atomic E-state index is 0. The van der Waals surface area contributed by atoms with Gasteiger partial charge < -0.3 is 20.1 Å². The predicted octanol–water partition coefficient (Wildman–Crippen LogP) is 2.88. The van der Waals surface area contributed by atoms with E-state index in [4.69, 9.17) is 9.47 Å². The topological polar surface area (TPSA) is 72.0 Å². The van der Waals surface area contributed by atoms with Crippen molar-refractivity contribution in [2.24, 2.45) is 4.99 Å². The smallest absolute Gasteiger partial charge is 0.307 e. The van der Waals surface area contributed by atoms with E-state index in [9.17, 15) is 4.79 Å². The molecule has 0 amide bonds. The highest BCUT2D eigenvalue weighted by Gasteiger charge is 2.07. The summed E-state index contributed by atoms with van der Waals surface area (Å²) >= 11 is 0. The van der Waals surface area contributed by atoms with Gasteiger partial charge in [0.2, 0.25) is 0 Å². The first kappa shape index (κ1) is 23.2. The number of carbonyl (C=O) groups excluding carboxylic acids is 1. The van der Waals surface area contributed by atoms with E-state index in [-0.39, 0.29) is 42.5 Å². The fraction of sp³-hybridized carbons (Fsp3) is 0.444. The predicted molar refractivity (Wildman–Crippen MR) is 112 cm³/mol. The Morgan fingerprint density at radius 3 is 2.68 bits per heavy atom. The number of guanidine groups is 1. The summed E-state index contributed by atoms with van der Waals surface area (Å²) in [6.07, 6.45) is 1.90. The lowest BCUT2D eigenvalue weighted by atomic mass is 10.2. The third-order valence-corrected chi connectivity index (χ3v) is 2.99. The molecule has 2 N–H and O–H groups in total. The molecular formula is C18H28IN3O3. The average Bonchev–Trinajstić information content (AvgIpc) is 2.56. The number of carbonyl (C=O) groups is 1. The van der Waals surface area contributed by atoms with Crippen molar-refractivity contribution in [1.29, 1.82) is 0 Å². The van der Waals surface area contributed by atoms with E-state index < -0.39 is 0 Å². The average molecular weight is 461 g/mol. The van der Waals surface area contributed by atoms with Crippen LogP contribution in [0.1, 0.15) is 25.8 Å². The van der Waals surface area contributed by atoms with Crippen LogP contribution in [-0.2, 0) is 16.1 Å². The zero-order valence-corrected chi connectivity index (χ0v) is 17.4. The maximum atomic E-state index is 11.5. The Bertz CT molecular complexity index is 562.